The highest BCUT2D eigenvalue weighted by molar-refractivity contribution is 7.85. The van der Waals surface area contributed by atoms with Crippen molar-refractivity contribution in [3.63, 3.8) is 0 Å². The van der Waals surface area contributed by atoms with Crippen LogP contribution in [-0.4, -0.2) is 68.2 Å². The Morgan fingerprint density at radius 2 is 1.28 bits per heavy atom. The lowest BCUT2D eigenvalue weighted by atomic mass is 10.2. The molecule has 0 bridgehead atoms. The van der Waals surface area contributed by atoms with Gasteiger partial charge in [-0.3, -0.25) is 4.90 Å². The number of nitrogens with zero attached hydrogens (tertiary/aromatic N) is 4. The van der Waals surface area contributed by atoms with Crippen LogP contribution in [0, 0.1) is 0 Å². The Balaban J connectivity index is 0.000000839. The molecule has 1 N–H and O–H groups in total. The standard InChI is InChI=1S/C37H34Cl2N4O6S2.C6H15N/c38-28-18-20-32-34(26-28)40(22-10-24-50(44,45)46)36(42(32)30-12-4-1-5-13-30)16-8-3-9-17-37-41(23-11-25-51(47,48)49)35-27-29(39)19-21-33(35)43(37)31-14-6-2-7-15-31;1-4-7(5-2)6-3/h1-9,12-21,26-27H,10-11,22-25H2,(H-,44,45,46,47,48,49);4-6H2,1-3H3. The molecule has 0 saturated carbocycles. The highest BCUT2D eigenvalue weighted by atomic mass is 35.5. The maximum absolute atomic E-state index is 11.5. The molecule has 4 aromatic carbocycles. The van der Waals surface area contributed by atoms with E-state index in [1.807, 2.05) is 134 Å². The van der Waals surface area contributed by atoms with Crippen molar-refractivity contribution in [3.05, 3.63) is 143 Å². The summed E-state index contributed by atoms with van der Waals surface area (Å²) in [4.78, 5) is 5.67. The minimum atomic E-state index is -4.40. The summed E-state index contributed by atoms with van der Waals surface area (Å²) < 4.78 is 72.7. The molecule has 1 aromatic heterocycles. The van der Waals surface area contributed by atoms with E-state index in [0.717, 1.165) is 45.4 Å². The quantitative estimate of drug-likeness (QED) is 0.0632. The third-order valence-corrected chi connectivity index (χ3v) is 11.8. The van der Waals surface area contributed by atoms with Gasteiger partial charge in [0.1, 0.15) is 11.5 Å². The summed E-state index contributed by atoms with van der Waals surface area (Å²) >= 11 is 12.8. The number of allylic oxidation sites excluding steroid dienone is 4. The Bertz CT molecular complexity index is 2470. The fraction of sp³-hybridized carbons (Fsp3) is 0.279. The second-order valence-corrected chi connectivity index (χ2v) is 17.5. The summed E-state index contributed by atoms with van der Waals surface area (Å²) in [5, 5.41) is 1.03. The predicted octanol–water partition coefficient (Wildman–Crippen LogP) is 7.10. The van der Waals surface area contributed by atoms with Crippen molar-refractivity contribution in [2.75, 3.05) is 47.5 Å². The fourth-order valence-electron chi connectivity index (χ4n) is 6.93. The van der Waals surface area contributed by atoms with E-state index in [9.17, 15) is 25.9 Å². The average Bonchev–Trinajstić information content (AvgIpc) is 3.65. The van der Waals surface area contributed by atoms with Gasteiger partial charge in [0.15, 0.2) is 11.0 Å². The first kappa shape index (κ1) is 44.6. The van der Waals surface area contributed by atoms with Gasteiger partial charge >= 0.3 is 0 Å². The molecular formula is C43H49Cl2N5O6S2. The first-order valence-corrected chi connectivity index (χ1v) is 23.1. The van der Waals surface area contributed by atoms with Gasteiger partial charge in [-0.15, -0.1) is 0 Å². The molecule has 1 aliphatic heterocycles. The Kier molecular flexibility index (Phi) is 15.8. The van der Waals surface area contributed by atoms with Crippen molar-refractivity contribution in [2.45, 2.75) is 40.2 Å². The van der Waals surface area contributed by atoms with E-state index in [2.05, 4.69) is 20.8 Å². The number of aryl methyl sites for hydroxylation is 1. The van der Waals surface area contributed by atoms with E-state index < -0.39 is 31.7 Å². The van der Waals surface area contributed by atoms with Gasteiger partial charge in [-0.05, 0) is 94.3 Å². The number of hydrogen-bond donors (Lipinski definition) is 1. The SMILES string of the molecule is CC[NH+](CC)CC.O=S(=O)([O-])CCCN1/C(=C/C=C/C=C/c2n(-c3ccccc3)c3ccc(Cl)cc3[n+]2CCCS(=O)(=O)[O-])N(c2ccccc2)c2ccc(Cl)cc21. The normalized spacial score (nSPS) is 14.0. The van der Waals surface area contributed by atoms with Crippen molar-refractivity contribution >= 4 is 77.6 Å². The fourth-order valence-corrected chi connectivity index (χ4v) is 8.23. The Hall–Kier alpha value is -4.47. The van der Waals surface area contributed by atoms with Crippen molar-refractivity contribution in [1.82, 2.24) is 4.57 Å². The zero-order valence-corrected chi connectivity index (χ0v) is 35.9. The highest BCUT2D eigenvalue weighted by Gasteiger charge is 2.32. The summed E-state index contributed by atoms with van der Waals surface area (Å²) in [6.07, 6.45) is 9.58. The molecule has 5 aromatic rings. The van der Waals surface area contributed by atoms with Crippen molar-refractivity contribution in [1.29, 1.82) is 0 Å². The zero-order chi connectivity index (χ0) is 41.9. The van der Waals surface area contributed by atoms with Gasteiger partial charge in [-0.1, -0.05) is 77.8 Å². The smallest absolute Gasteiger partial charge is 0.287 e. The van der Waals surface area contributed by atoms with E-state index >= 15 is 0 Å². The lowest BCUT2D eigenvalue weighted by molar-refractivity contribution is -0.894. The number of rotatable bonds is 16. The Morgan fingerprint density at radius 1 is 0.690 bits per heavy atom. The van der Waals surface area contributed by atoms with Crippen molar-refractivity contribution in [2.24, 2.45) is 0 Å². The lowest BCUT2D eigenvalue weighted by Gasteiger charge is -2.25. The van der Waals surface area contributed by atoms with Crippen molar-refractivity contribution < 1.29 is 35.4 Å². The number of fused-ring (bicyclic) bond motifs is 2. The summed E-state index contributed by atoms with van der Waals surface area (Å²) in [6, 6.07) is 30.4. The van der Waals surface area contributed by atoms with E-state index in [4.69, 9.17) is 23.2 Å². The van der Waals surface area contributed by atoms with Crippen LogP contribution < -0.4 is 19.3 Å². The maximum Gasteiger partial charge on any atom is 0.287 e. The van der Waals surface area contributed by atoms with Gasteiger partial charge in [0.05, 0.1) is 57.8 Å². The molecule has 1 aliphatic rings. The predicted molar refractivity (Wildman–Crippen MR) is 233 cm³/mol. The number of aromatic nitrogens is 2. The molecule has 0 fully saturated rings. The maximum atomic E-state index is 11.5. The van der Waals surface area contributed by atoms with Gasteiger partial charge in [0.2, 0.25) is 0 Å². The number of halogens is 2. The molecule has 0 aliphatic carbocycles. The van der Waals surface area contributed by atoms with Crippen LogP contribution in [0.15, 0.2) is 127 Å². The molecule has 2 heterocycles. The van der Waals surface area contributed by atoms with Crippen LogP contribution in [0.5, 0.6) is 0 Å². The molecule has 0 amide bonds. The van der Waals surface area contributed by atoms with Crippen molar-refractivity contribution in [3.8, 4) is 5.69 Å². The molecule has 6 rings (SSSR count). The van der Waals surface area contributed by atoms with E-state index in [1.54, 1.807) is 17.0 Å². The average molecular weight is 867 g/mol. The monoisotopic (exact) mass is 865 g/mol. The van der Waals surface area contributed by atoms with E-state index in [1.165, 1.54) is 19.6 Å². The second-order valence-electron chi connectivity index (χ2n) is 13.6. The number of quaternary nitrogens is 1. The molecule has 0 saturated heterocycles. The van der Waals surface area contributed by atoms with Crippen LogP contribution in [0.2, 0.25) is 10.0 Å². The number of benzene rings is 4. The summed E-state index contributed by atoms with van der Waals surface area (Å²) in [6.45, 7) is 11.0. The van der Waals surface area contributed by atoms with Crippen LogP contribution in [0.3, 0.4) is 0 Å². The Labute approximate surface area is 352 Å². The van der Waals surface area contributed by atoms with Gasteiger partial charge in [0, 0.05) is 45.9 Å². The van der Waals surface area contributed by atoms with Gasteiger partial charge in [-0.25, -0.2) is 21.4 Å². The third kappa shape index (κ3) is 11.8. The van der Waals surface area contributed by atoms with E-state index in [-0.39, 0.29) is 25.9 Å². The lowest BCUT2D eigenvalue weighted by Crippen LogP contribution is -3.11. The number of para-hydroxylation sites is 2. The first-order chi connectivity index (χ1) is 27.7. The van der Waals surface area contributed by atoms with Crippen LogP contribution >= 0.6 is 23.2 Å². The number of anilines is 3. The van der Waals surface area contributed by atoms with Crippen LogP contribution in [0.1, 0.15) is 39.4 Å². The molecule has 0 atom stereocenters. The third-order valence-electron chi connectivity index (χ3n) is 9.74. The number of imidazole rings is 1. The molecular weight excluding hydrogens is 818 g/mol. The van der Waals surface area contributed by atoms with E-state index in [0.29, 0.717) is 10.0 Å². The first-order valence-electron chi connectivity index (χ1n) is 19.2. The molecule has 0 radical (unpaired) electrons. The molecule has 308 valence electrons. The summed E-state index contributed by atoms with van der Waals surface area (Å²) in [7, 11) is -8.81. The van der Waals surface area contributed by atoms with Gasteiger partial charge in [0.25, 0.3) is 5.82 Å². The largest absolute Gasteiger partial charge is 0.748 e. The van der Waals surface area contributed by atoms with Crippen LogP contribution in [0.25, 0.3) is 22.8 Å². The molecule has 0 spiro atoms. The Morgan fingerprint density at radius 3 is 1.88 bits per heavy atom. The summed E-state index contributed by atoms with van der Waals surface area (Å²) in [5.41, 5.74) is 5.00. The minimum absolute atomic E-state index is 0.114. The molecule has 58 heavy (non-hydrogen) atoms. The summed E-state index contributed by atoms with van der Waals surface area (Å²) in [5.74, 6) is 0.456. The topological polar surface area (TPSA) is 134 Å². The number of hydrogen-bond acceptors (Lipinski definition) is 8. The zero-order valence-electron chi connectivity index (χ0n) is 32.8. The minimum Gasteiger partial charge on any atom is -0.748 e. The highest BCUT2D eigenvalue weighted by Crippen LogP contribution is 2.47. The van der Waals surface area contributed by atoms with Gasteiger partial charge < -0.3 is 18.9 Å². The van der Waals surface area contributed by atoms with Crippen LogP contribution in [0.4, 0.5) is 17.1 Å². The molecule has 11 nitrogen and oxygen atoms in total. The number of nitrogens with one attached hydrogen (secondary N) is 1. The molecule has 15 heteroatoms. The second kappa shape index (κ2) is 20.5. The van der Waals surface area contributed by atoms with Crippen LogP contribution in [-0.2, 0) is 26.8 Å². The molecule has 0 unspecified atom stereocenters. The van der Waals surface area contributed by atoms with Gasteiger partial charge in [-0.2, -0.15) is 4.57 Å².